The third kappa shape index (κ3) is 0.932. The number of hydrogen-bond donors (Lipinski definition) is 1. The molecule has 0 bridgehead atoms. The molecule has 2 aliphatic rings. The van der Waals surface area contributed by atoms with Crippen molar-refractivity contribution in [3.05, 3.63) is 24.0 Å². The molecule has 1 saturated heterocycles. The molecular formula is C11H15N3. The molecule has 2 aliphatic heterocycles. The summed E-state index contributed by atoms with van der Waals surface area (Å²) < 4.78 is 0. The number of fused-ring (bicyclic) bond motifs is 2. The summed E-state index contributed by atoms with van der Waals surface area (Å²) in [6.45, 7) is 3.33. The standard InChI is InChI=1S/C11H15N3/c1-14-8-11(4-6-12-7-11)10-9(14)3-2-5-13-10/h2-3,5,12H,4,6-8H2,1H3/t11-/m1/s1. The number of likely N-dealkylation sites (N-methyl/N-ethyl adjacent to an activating group) is 1. The predicted molar refractivity (Wildman–Crippen MR) is 56.7 cm³/mol. The van der Waals surface area contributed by atoms with Gasteiger partial charge in [0, 0.05) is 31.7 Å². The van der Waals surface area contributed by atoms with Gasteiger partial charge in [-0.15, -0.1) is 0 Å². The summed E-state index contributed by atoms with van der Waals surface area (Å²) in [5.74, 6) is 0. The fraction of sp³-hybridized carbons (Fsp3) is 0.545. The Morgan fingerprint density at radius 2 is 2.50 bits per heavy atom. The van der Waals surface area contributed by atoms with E-state index in [1.54, 1.807) is 0 Å². The Kier molecular flexibility index (Phi) is 1.59. The molecule has 1 spiro atoms. The van der Waals surface area contributed by atoms with Crippen LogP contribution in [0.25, 0.3) is 0 Å². The van der Waals surface area contributed by atoms with Crippen LogP contribution in [0.5, 0.6) is 0 Å². The molecule has 3 rings (SSSR count). The molecule has 0 radical (unpaired) electrons. The van der Waals surface area contributed by atoms with Gasteiger partial charge in [0.25, 0.3) is 0 Å². The van der Waals surface area contributed by atoms with Gasteiger partial charge in [-0.25, -0.2) is 0 Å². The van der Waals surface area contributed by atoms with Gasteiger partial charge in [-0.3, -0.25) is 4.98 Å². The molecule has 14 heavy (non-hydrogen) atoms. The molecule has 0 aromatic carbocycles. The van der Waals surface area contributed by atoms with Crippen molar-refractivity contribution in [2.75, 3.05) is 31.6 Å². The van der Waals surface area contributed by atoms with Crippen molar-refractivity contribution in [1.29, 1.82) is 0 Å². The van der Waals surface area contributed by atoms with Gasteiger partial charge in [-0.2, -0.15) is 0 Å². The number of aromatic nitrogens is 1. The van der Waals surface area contributed by atoms with Crippen LogP contribution in [0.4, 0.5) is 5.69 Å². The van der Waals surface area contributed by atoms with E-state index in [1.807, 2.05) is 12.3 Å². The van der Waals surface area contributed by atoms with Crippen LogP contribution >= 0.6 is 0 Å². The smallest absolute Gasteiger partial charge is 0.0729 e. The Morgan fingerprint density at radius 1 is 1.57 bits per heavy atom. The van der Waals surface area contributed by atoms with Gasteiger partial charge in [0.1, 0.15) is 0 Å². The minimum Gasteiger partial charge on any atom is -0.372 e. The largest absolute Gasteiger partial charge is 0.372 e. The highest BCUT2D eigenvalue weighted by Crippen LogP contribution is 2.41. The van der Waals surface area contributed by atoms with Crippen LogP contribution in [-0.2, 0) is 5.41 Å². The second-order valence-electron chi connectivity index (χ2n) is 4.43. The van der Waals surface area contributed by atoms with E-state index in [-0.39, 0.29) is 0 Å². The Labute approximate surface area is 84.1 Å². The molecule has 1 aromatic heterocycles. The molecule has 3 heteroatoms. The highest BCUT2D eigenvalue weighted by atomic mass is 15.2. The summed E-state index contributed by atoms with van der Waals surface area (Å²) in [4.78, 5) is 6.89. The zero-order valence-electron chi connectivity index (χ0n) is 8.45. The number of nitrogens with one attached hydrogen (secondary N) is 1. The SMILES string of the molecule is CN1C[C@]2(CCNC2)c2ncccc21. The van der Waals surface area contributed by atoms with Crippen LogP contribution in [-0.4, -0.2) is 31.7 Å². The molecule has 1 atom stereocenters. The summed E-state index contributed by atoms with van der Waals surface area (Å²) >= 11 is 0. The van der Waals surface area contributed by atoms with Crippen molar-refractivity contribution in [3.8, 4) is 0 Å². The van der Waals surface area contributed by atoms with Crippen LogP contribution in [0, 0.1) is 0 Å². The topological polar surface area (TPSA) is 28.2 Å². The molecule has 3 nitrogen and oxygen atoms in total. The minimum atomic E-state index is 0.297. The summed E-state index contributed by atoms with van der Waals surface area (Å²) in [6, 6.07) is 4.20. The van der Waals surface area contributed by atoms with E-state index in [9.17, 15) is 0 Å². The molecule has 1 N–H and O–H groups in total. The lowest BCUT2D eigenvalue weighted by Crippen LogP contribution is -2.34. The first-order valence-electron chi connectivity index (χ1n) is 5.19. The number of rotatable bonds is 0. The number of nitrogens with zero attached hydrogens (tertiary/aromatic N) is 2. The van der Waals surface area contributed by atoms with Crippen molar-refractivity contribution >= 4 is 5.69 Å². The van der Waals surface area contributed by atoms with Crippen LogP contribution in [0.3, 0.4) is 0 Å². The van der Waals surface area contributed by atoms with Crippen molar-refractivity contribution < 1.29 is 0 Å². The molecule has 0 unspecified atom stereocenters. The van der Waals surface area contributed by atoms with Gasteiger partial charge < -0.3 is 10.2 Å². The third-order valence-electron chi connectivity index (χ3n) is 3.48. The van der Waals surface area contributed by atoms with Gasteiger partial charge in [-0.05, 0) is 25.1 Å². The molecule has 0 saturated carbocycles. The quantitative estimate of drug-likeness (QED) is 0.653. The van der Waals surface area contributed by atoms with Gasteiger partial charge in [0.15, 0.2) is 0 Å². The van der Waals surface area contributed by atoms with Crippen LogP contribution in [0.2, 0.25) is 0 Å². The number of hydrogen-bond acceptors (Lipinski definition) is 3. The summed E-state index contributed by atoms with van der Waals surface area (Å²) in [6.07, 6.45) is 3.14. The summed E-state index contributed by atoms with van der Waals surface area (Å²) in [7, 11) is 2.16. The maximum atomic E-state index is 4.56. The third-order valence-corrected chi connectivity index (χ3v) is 3.48. The van der Waals surface area contributed by atoms with Gasteiger partial charge in [0.2, 0.25) is 0 Å². The van der Waals surface area contributed by atoms with Crippen molar-refractivity contribution in [2.45, 2.75) is 11.8 Å². The Morgan fingerprint density at radius 3 is 3.29 bits per heavy atom. The molecule has 0 aliphatic carbocycles. The molecule has 1 fully saturated rings. The summed E-state index contributed by atoms with van der Waals surface area (Å²) in [5.41, 5.74) is 2.91. The maximum Gasteiger partial charge on any atom is 0.0729 e. The van der Waals surface area contributed by atoms with E-state index in [1.165, 1.54) is 17.8 Å². The monoisotopic (exact) mass is 189 g/mol. The van der Waals surface area contributed by atoms with Gasteiger partial charge >= 0.3 is 0 Å². The zero-order chi connectivity index (χ0) is 9.60. The normalized spacial score (nSPS) is 29.9. The lowest BCUT2D eigenvalue weighted by molar-refractivity contribution is 0.492. The van der Waals surface area contributed by atoms with Gasteiger partial charge in [0.05, 0.1) is 11.4 Å². The average Bonchev–Trinajstić information content (AvgIpc) is 2.77. The number of pyridine rings is 1. The first kappa shape index (κ1) is 8.24. The molecule has 0 amide bonds. The van der Waals surface area contributed by atoms with E-state index in [0.29, 0.717) is 5.41 Å². The van der Waals surface area contributed by atoms with E-state index >= 15 is 0 Å². The molecule has 1 aromatic rings. The predicted octanol–water partition coefficient (Wildman–Crippen LogP) is 0.762. The fourth-order valence-corrected chi connectivity index (χ4v) is 2.81. The van der Waals surface area contributed by atoms with E-state index in [4.69, 9.17) is 0 Å². The fourth-order valence-electron chi connectivity index (χ4n) is 2.81. The van der Waals surface area contributed by atoms with E-state index < -0.39 is 0 Å². The highest BCUT2D eigenvalue weighted by Gasteiger charge is 2.44. The van der Waals surface area contributed by atoms with Crippen molar-refractivity contribution in [1.82, 2.24) is 10.3 Å². The Balaban J connectivity index is 2.13. The Hall–Kier alpha value is -1.09. The first-order valence-corrected chi connectivity index (χ1v) is 5.19. The average molecular weight is 189 g/mol. The zero-order valence-corrected chi connectivity index (χ0v) is 8.45. The highest BCUT2D eigenvalue weighted by molar-refractivity contribution is 5.59. The van der Waals surface area contributed by atoms with E-state index in [2.05, 4.69) is 28.3 Å². The van der Waals surface area contributed by atoms with Crippen molar-refractivity contribution in [2.24, 2.45) is 0 Å². The maximum absolute atomic E-state index is 4.56. The van der Waals surface area contributed by atoms with Crippen LogP contribution in [0.15, 0.2) is 18.3 Å². The van der Waals surface area contributed by atoms with Crippen molar-refractivity contribution in [3.63, 3.8) is 0 Å². The van der Waals surface area contributed by atoms with Gasteiger partial charge in [-0.1, -0.05) is 0 Å². The Bertz CT molecular complexity index is 355. The summed E-state index contributed by atoms with van der Waals surface area (Å²) in [5, 5.41) is 3.45. The second kappa shape index (κ2) is 2.70. The van der Waals surface area contributed by atoms with E-state index in [0.717, 1.165) is 19.6 Å². The number of anilines is 1. The minimum absolute atomic E-state index is 0.297. The second-order valence-corrected chi connectivity index (χ2v) is 4.43. The first-order chi connectivity index (χ1) is 6.82. The molecular weight excluding hydrogens is 174 g/mol. The molecule has 3 heterocycles. The van der Waals surface area contributed by atoms with Crippen LogP contribution < -0.4 is 10.2 Å². The van der Waals surface area contributed by atoms with Crippen LogP contribution in [0.1, 0.15) is 12.1 Å². The molecule has 74 valence electrons. The lowest BCUT2D eigenvalue weighted by atomic mass is 9.85. The lowest BCUT2D eigenvalue weighted by Gasteiger charge is -2.21.